The second-order valence-electron chi connectivity index (χ2n) is 5.48. The number of ether oxygens (including phenoxy) is 1. The highest BCUT2D eigenvalue weighted by atomic mass is 16.5. The third kappa shape index (κ3) is 2.85. The van der Waals surface area contributed by atoms with Gasteiger partial charge in [-0.15, -0.1) is 0 Å². The molecule has 3 rings (SSSR count). The second kappa shape index (κ2) is 5.80. The number of hydrogen-bond acceptors (Lipinski definition) is 4. The Morgan fingerprint density at radius 2 is 1.89 bits per heavy atom. The summed E-state index contributed by atoms with van der Waals surface area (Å²) < 4.78 is 5.45. The van der Waals surface area contributed by atoms with E-state index in [4.69, 9.17) is 4.74 Å². The summed E-state index contributed by atoms with van der Waals surface area (Å²) in [7, 11) is 1.75. The molecule has 1 N–H and O–H groups in total. The van der Waals surface area contributed by atoms with Crippen LogP contribution in [0.3, 0.4) is 0 Å². The van der Waals surface area contributed by atoms with Crippen molar-refractivity contribution in [3.05, 3.63) is 24.3 Å². The average molecular weight is 261 g/mol. The van der Waals surface area contributed by atoms with Gasteiger partial charge in [0.05, 0.1) is 12.8 Å². The van der Waals surface area contributed by atoms with Gasteiger partial charge < -0.3 is 15.0 Å². The molecule has 2 aliphatic heterocycles. The molecule has 4 heteroatoms. The Hall–Kier alpha value is -1.26. The van der Waals surface area contributed by atoms with E-state index in [1.54, 1.807) is 7.11 Å². The Morgan fingerprint density at radius 3 is 2.53 bits per heavy atom. The van der Waals surface area contributed by atoms with Gasteiger partial charge in [-0.25, -0.2) is 0 Å². The lowest BCUT2D eigenvalue weighted by Crippen LogP contribution is -2.53. The van der Waals surface area contributed by atoms with Crippen LogP contribution in [-0.4, -0.2) is 57.8 Å². The highest BCUT2D eigenvalue weighted by Crippen LogP contribution is 2.28. The number of para-hydroxylation sites is 2. The van der Waals surface area contributed by atoms with Gasteiger partial charge in [0.25, 0.3) is 0 Å². The molecule has 104 valence electrons. The Kier molecular flexibility index (Phi) is 3.89. The first-order chi connectivity index (χ1) is 9.36. The molecule has 0 radical (unpaired) electrons. The Labute approximate surface area is 115 Å². The molecule has 2 saturated heterocycles. The quantitative estimate of drug-likeness (QED) is 0.876. The fourth-order valence-corrected chi connectivity index (χ4v) is 2.91. The number of benzene rings is 1. The molecule has 2 aliphatic rings. The molecule has 0 saturated carbocycles. The minimum atomic E-state index is 0.873. The monoisotopic (exact) mass is 261 g/mol. The number of anilines is 1. The van der Waals surface area contributed by atoms with Crippen molar-refractivity contribution in [2.45, 2.75) is 0 Å². The third-order valence-corrected chi connectivity index (χ3v) is 4.18. The molecule has 0 aliphatic carbocycles. The highest BCUT2D eigenvalue weighted by Gasteiger charge is 2.24. The van der Waals surface area contributed by atoms with Crippen LogP contribution in [0.2, 0.25) is 0 Å². The fourth-order valence-electron chi connectivity index (χ4n) is 2.91. The predicted octanol–water partition coefficient (Wildman–Crippen LogP) is 1.04. The van der Waals surface area contributed by atoms with Gasteiger partial charge in [0.2, 0.25) is 0 Å². The lowest BCUT2D eigenvalue weighted by atomic mass is 10.0. The van der Waals surface area contributed by atoms with E-state index in [1.165, 1.54) is 25.3 Å². The molecular formula is C15H23N3O. The van der Waals surface area contributed by atoms with Crippen molar-refractivity contribution < 1.29 is 4.74 Å². The zero-order valence-electron chi connectivity index (χ0n) is 11.6. The minimum Gasteiger partial charge on any atom is -0.495 e. The maximum atomic E-state index is 5.45. The van der Waals surface area contributed by atoms with Gasteiger partial charge in [0.15, 0.2) is 0 Å². The first-order valence-electron chi connectivity index (χ1n) is 7.18. The van der Waals surface area contributed by atoms with Crippen molar-refractivity contribution in [3.63, 3.8) is 0 Å². The molecule has 0 atom stereocenters. The summed E-state index contributed by atoms with van der Waals surface area (Å²) in [6, 6.07) is 8.32. The number of hydrogen-bond donors (Lipinski definition) is 1. The maximum absolute atomic E-state index is 5.45. The SMILES string of the molecule is COc1ccccc1N1CCN(CC2CNC2)CC1. The van der Waals surface area contributed by atoms with Gasteiger partial charge in [-0.2, -0.15) is 0 Å². The maximum Gasteiger partial charge on any atom is 0.142 e. The summed E-state index contributed by atoms with van der Waals surface area (Å²) in [6.07, 6.45) is 0. The van der Waals surface area contributed by atoms with Gasteiger partial charge in [0.1, 0.15) is 5.75 Å². The molecule has 0 spiro atoms. The smallest absolute Gasteiger partial charge is 0.142 e. The number of rotatable bonds is 4. The van der Waals surface area contributed by atoms with Crippen LogP contribution in [0, 0.1) is 5.92 Å². The van der Waals surface area contributed by atoms with Crippen LogP contribution in [0.25, 0.3) is 0 Å². The standard InChI is InChI=1S/C15H23N3O/c1-19-15-5-3-2-4-14(15)18-8-6-17(7-9-18)12-13-10-16-11-13/h2-5,13,16H,6-12H2,1H3. The average Bonchev–Trinajstić information content (AvgIpc) is 2.43. The van der Waals surface area contributed by atoms with Crippen LogP contribution in [-0.2, 0) is 0 Å². The number of nitrogens with one attached hydrogen (secondary N) is 1. The number of methoxy groups -OCH3 is 1. The number of nitrogens with zero attached hydrogens (tertiary/aromatic N) is 2. The number of piperazine rings is 1. The summed E-state index contributed by atoms with van der Waals surface area (Å²) in [6.45, 7) is 8.18. The minimum absolute atomic E-state index is 0.873. The fraction of sp³-hybridized carbons (Fsp3) is 0.600. The van der Waals surface area contributed by atoms with E-state index in [2.05, 4.69) is 27.2 Å². The Balaban J connectivity index is 1.56. The van der Waals surface area contributed by atoms with Crippen LogP contribution in [0.15, 0.2) is 24.3 Å². The first-order valence-corrected chi connectivity index (χ1v) is 7.18. The van der Waals surface area contributed by atoms with Crippen LogP contribution >= 0.6 is 0 Å². The molecule has 19 heavy (non-hydrogen) atoms. The van der Waals surface area contributed by atoms with Gasteiger partial charge in [-0.3, -0.25) is 4.90 Å². The highest BCUT2D eigenvalue weighted by molar-refractivity contribution is 5.58. The van der Waals surface area contributed by atoms with E-state index in [1.807, 2.05) is 12.1 Å². The Bertz CT molecular complexity index is 412. The van der Waals surface area contributed by atoms with Crippen LogP contribution in [0.5, 0.6) is 5.75 Å². The van der Waals surface area contributed by atoms with E-state index in [9.17, 15) is 0 Å². The summed E-state index contributed by atoms with van der Waals surface area (Å²) >= 11 is 0. The topological polar surface area (TPSA) is 27.7 Å². The summed E-state index contributed by atoms with van der Waals surface area (Å²) in [5, 5.41) is 3.35. The van der Waals surface area contributed by atoms with Crippen molar-refractivity contribution in [3.8, 4) is 5.75 Å². The van der Waals surface area contributed by atoms with E-state index in [0.29, 0.717) is 0 Å². The molecule has 2 fully saturated rings. The first kappa shape index (κ1) is 12.8. The molecular weight excluding hydrogens is 238 g/mol. The zero-order chi connectivity index (χ0) is 13.1. The predicted molar refractivity (Wildman–Crippen MR) is 78.0 cm³/mol. The molecule has 0 unspecified atom stereocenters. The van der Waals surface area contributed by atoms with Crippen LogP contribution in [0.4, 0.5) is 5.69 Å². The zero-order valence-corrected chi connectivity index (χ0v) is 11.6. The van der Waals surface area contributed by atoms with Crippen molar-refractivity contribution in [2.24, 2.45) is 5.92 Å². The third-order valence-electron chi connectivity index (χ3n) is 4.18. The van der Waals surface area contributed by atoms with Crippen molar-refractivity contribution in [1.82, 2.24) is 10.2 Å². The van der Waals surface area contributed by atoms with Crippen LogP contribution in [0.1, 0.15) is 0 Å². The molecule has 1 aromatic rings. The van der Waals surface area contributed by atoms with E-state index in [0.717, 1.165) is 37.8 Å². The molecule has 0 bridgehead atoms. The molecule has 4 nitrogen and oxygen atoms in total. The summed E-state index contributed by atoms with van der Waals surface area (Å²) in [5.41, 5.74) is 1.23. The van der Waals surface area contributed by atoms with Gasteiger partial charge in [-0.1, -0.05) is 12.1 Å². The van der Waals surface area contributed by atoms with E-state index in [-0.39, 0.29) is 0 Å². The normalized spacial score (nSPS) is 21.2. The summed E-state index contributed by atoms with van der Waals surface area (Å²) in [5.74, 6) is 1.86. The van der Waals surface area contributed by atoms with Gasteiger partial charge >= 0.3 is 0 Å². The van der Waals surface area contributed by atoms with Gasteiger partial charge in [0, 0.05) is 45.8 Å². The van der Waals surface area contributed by atoms with Crippen molar-refractivity contribution in [1.29, 1.82) is 0 Å². The molecule has 2 heterocycles. The summed E-state index contributed by atoms with van der Waals surface area (Å²) in [4.78, 5) is 5.03. The van der Waals surface area contributed by atoms with Gasteiger partial charge in [-0.05, 0) is 18.1 Å². The lowest BCUT2D eigenvalue weighted by molar-refractivity contribution is 0.184. The largest absolute Gasteiger partial charge is 0.495 e. The Morgan fingerprint density at radius 1 is 1.16 bits per heavy atom. The van der Waals surface area contributed by atoms with Crippen molar-refractivity contribution in [2.75, 3.05) is 57.8 Å². The van der Waals surface area contributed by atoms with Crippen LogP contribution < -0.4 is 15.0 Å². The molecule has 1 aromatic carbocycles. The second-order valence-corrected chi connectivity index (χ2v) is 5.48. The van der Waals surface area contributed by atoms with E-state index >= 15 is 0 Å². The lowest BCUT2D eigenvalue weighted by Gasteiger charge is -2.39. The molecule has 0 aromatic heterocycles. The molecule has 0 amide bonds. The van der Waals surface area contributed by atoms with Crippen molar-refractivity contribution >= 4 is 5.69 Å². The van der Waals surface area contributed by atoms with E-state index < -0.39 is 0 Å².